The van der Waals surface area contributed by atoms with E-state index in [2.05, 4.69) is 10.6 Å². The van der Waals surface area contributed by atoms with Crippen LogP contribution in [0.3, 0.4) is 0 Å². The van der Waals surface area contributed by atoms with Gasteiger partial charge in [-0.1, -0.05) is 30.3 Å². The van der Waals surface area contributed by atoms with Gasteiger partial charge in [0.25, 0.3) is 0 Å². The molecule has 0 bridgehead atoms. The van der Waals surface area contributed by atoms with Crippen molar-refractivity contribution in [2.45, 2.75) is 19.0 Å². The third-order valence-corrected chi connectivity index (χ3v) is 5.04. The molecular weight excluding hydrogens is 398 g/mol. The number of amides is 2. The SMILES string of the molecule is CCOC(=O)C1=C(C[NH2+][C@H](c2ccccc2)c2ccco2)NC(=O)N[C@H]1c1ccco1. The van der Waals surface area contributed by atoms with Gasteiger partial charge in [-0.3, -0.25) is 0 Å². The molecule has 2 atom stereocenters. The highest BCUT2D eigenvalue weighted by molar-refractivity contribution is 5.95. The number of nitrogens with one attached hydrogen (secondary N) is 2. The fourth-order valence-electron chi connectivity index (χ4n) is 3.68. The van der Waals surface area contributed by atoms with Crippen molar-refractivity contribution in [1.82, 2.24) is 10.6 Å². The second-order valence-corrected chi connectivity index (χ2v) is 7.00. The topological polar surface area (TPSA) is 110 Å². The lowest BCUT2D eigenvalue weighted by Crippen LogP contribution is -2.86. The maximum Gasteiger partial charge on any atom is 0.338 e. The van der Waals surface area contributed by atoms with Crippen LogP contribution < -0.4 is 16.0 Å². The number of carbonyl (C=O) groups excluding carboxylic acids is 2. The number of furan rings is 2. The summed E-state index contributed by atoms with van der Waals surface area (Å²) in [6, 6.07) is 15.8. The highest BCUT2D eigenvalue weighted by atomic mass is 16.5. The lowest BCUT2D eigenvalue weighted by Gasteiger charge is -2.27. The fraction of sp³-hybridized carbons (Fsp3) is 0.217. The first kappa shape index (κ1) is 20.5. The summed E-state index contributed by atoms with van der Waals surface area (Å²) in [6.45, 7) is 2.28. The number of carbonyl (C=O) groups is 2. The van der Waals surface area contributed by atoms with Crippen LogP contribution >= 0.6 is 0 Å². The van der Waals surface area contributed by atoms with E-state index in [9.17, 15) is 9.59 Å². The first-order valence-corrected chi connectivity index (χ1v) is 10.1. The van der Waals surface area contributed by atoms with Crippen molar-refractivity contribution in [3.63, 3.8) is 0 Å². The molecule has 0 saturated carbocycles. The number of nitrogens with two attached hydrogens (primary N) is 1. The van der Waals surface area contributed by atoms with Gasteiger partial charge < -0.3 is 29.5 Å². The maximum atomic E-state index is 12.8. The van der Waals surface area contributed by atoms with Gasteiger partial charge in [0.05, 0.1) is 30.4 Å². The van der Waals surface area contributed by atoms with Crippen molar-refractivity contribution >= 4 is 12.0 Å². The Balaban J connectivity index is 1.67. The van der Waals surface area contributed by atoms with E-state index in [0.717, 1.165) is 11.3 Å². The summed E-state index contributed by atoms with van der Waals surface area (Å²) in [6.07, 6.45) is 3.13. The zero-order valence-electron chi connectivity index (χ0n) is 17.0. The lowest BCUT2D eigenvalue weighted by atomic mass is 9.99. The van der Waals surface area contributed by atoms with E-state index in [1.165, 1.54) is 6.26 Å². The number of urea groups is 1. The average molecular weight is 422 g/mol. The van der Waals surface area contributed by atoms with Crippen LogP contribution in [-0.4, -0.2) is 25.2 Å². The molecule has 8 heteroatoms. The van der Waals surface area contributed by atoms with E-state index in [0.29, 0.717) is 23.6 Å². The molecule has 4 N–H and O–H groups in total. The number of benzene rings is 1. The third-order valence-electron chi connectivity index (χ3n) is 5.04. The summed E-state index contributed by atoms with van der Waals surface area (Å²) in [4.78, 5) is 25.2. The number of ether oxygens (including phenoxy) is 1. The van der Waals surface area contributed by atoms with Crippen LogP contribution in [0, 0.1) is 0 Å². The van der Waals surface area contributed by atoms with Crippen LogP contribution in [0.15, 0.2) is 87.2 Å². The summed E-state index contributed by atoms with van der Waals surface area (Å²) in [5.41, 5.74) is 1.83. The van der Waals surface area contributed by atoms with Gasteiger partial charge in [0.15, 0.2) is 11.8 Å². The van der Waals surface area contributed by atoms with Crippen LogP contribution in [0.4, 0.5) is 4.79 Å². The predicted molar refractivity (Wildman–Crippen MR) is 111 cm³/mol. The average Bonchev–Trinajstić information content (AvgIpc) is 3.49. The van der Waals surface area contributed by atoms with Gasteiger partial charge in [0, 0.05) is 5.56 Å². The van der Waals surface area contributed by atoms with Gasteiger partial charge >= 0.3 is 12.0 Å². The van der Waals surface area contributed by atoms with Crippen molar-refractivity contribution in [2.24, 2.45) is 0 Å². The van der Waals surface area contributed by atoms with Crippen molar-refractivity contribution in [3.8, 4) is 0 Å². The first-order chi connectivity index (χ1) is 15.2. The Morgan fingerprint density at radius 2 is 1.87 bits per heavy atom. The molecule has 8 nitrogen and oxygen atoms in total. The van der Waals surface area contributed by atoms with Crippen molar-refractivity contribution in [1.29, 1.82) is 0 Å². The van der Waals surface area contributed by atoms with Crippen molar-refractivity contribution < 1.29 is 28.5 Å². The van der Waals surface area contributed by atoms with E-state index in [1.54, 1.807) is 25.3 Å². The normalized spacial score (nSPS) is 17.1. The standard InChI is InChI=1S/C23H23N3O5/c1-2-29-22(27)19-16(25-23(28)26-21(19)18-11-7-13-31-18)14-24-20(17-10-6-12-30-17)15-8-4-3-5-9-15/h3-13,20-21,24H,2,14H2,1H3,(H2,25,26,28)/p+1/t20-,21+/m1/s1. The van der Waals surface area contributed by atoms with E-state index < -0.39 is 18.0 Å². The fourth-order valence-corrected chi connectivity index (χ4v) is 3.68. The molecule has 31 heavy (non-hydrogen) atoms. The molecule has 3 aromatic rings. The highest BCUT2D eigenvalue weighted by Crippen LogP contribution is 2.28. The first-order valence-electron chi connectivity index (χ1n) is 10.1. The zero-order valence-corrected chi connectivity index (χ0v) is 17.0. The Morgan fingerprint density at radius 1 is 1.10 bits per heavy atom. The Kier molecular flexibility index (Phi) is 6.18. The van der Waals surface area contributed by atoms with Crippen LogP contribution in [0.1, 0.15) is 36.1 Å². The van der Waals surface area contributed by atoms with Crippen LogP contribution in [0.2, 0.25) is 0 Å². The number of hydrogen-bond donors (Lipinski definition) is 3. The predicted octanol–water partition coefficient (Wildman–Crippen LogP) is 2.40. The molecule has 0 spiro atoms. The molecule has 160 valence electrons. The molecular formula is C23H24N3O5+. The molecule has 2 aromatic heterocycles. The zero-order chi connectivity index (χ0) is 21.6. The number of esters is 1. The minimum Gasteiger partial charge on any atom is -0.467 e. The lowest BCUT2D eigenvalue weighted by molar-refractivity contribution is -0.682. The monoisotopic (exact) mass is 422 g/mol. The number of rotatable bonds is 8. The smallest absolute Gasteiger partial charge is 0.338 e. The highest BCUT2D eigenvalue weighted by Gasteiger charge is 2.36. The Labute approximate surface area is 179 Å². The molecule has 4 rings (SSSR count). The van der Waals surface area contributed by atoms with Gasteiger partial charge in [-0.15, -0.1) is 0 Å². The summed E-state index contributed by atoms with van der Waals surface area (Å²) >= 11 is 0. The molecule has 0 unspecified atom stereocenters. The second-order valence-electron chi connectivity index (χ2n) is 7.00. The Hall–Kier alpha value is -3.78. The molecule has 1 aliphatic heterocycles. The van der Waals surface area contributed by atoms with Gasteiger partial charge in [0.1, 0.15) is 18.3 Å². The van der Waals surface area contributed by atoms with Crippen LogP contribution in [-0.2, 0) is 9.53 Å². The quantitative estimate of drug-likeness (QED) is 0.483. The molecule has 0 saturated heterocycles. The van der Waals surface area contributed by atoms with Gasteiger partial charge in [-0.25, -0.2) is 9.59 Å². The van der Waals surface area contributed by atoms with Gasteiger partial charge in [-0.2, -0.15) is 0 Å². The molecule has 0 aliphatic carbocycles. The molecule has 3 heterocycles. The molecule has 2 amide bonds. The van der Waals surface area contributed by atoms with Crippen molar-refractivity contribution in [2.75, 3.05) is 13.2 Å². The minimum absolute atomic E-state index is 0.152. The summed E-state index contributed by atoms with van der Waals surface area (Å²) in [5.74, 6) is 0.724. The molecule has 1 aromatic carbocycles. The molecule has 0 radical (unpaired) electrons. The van der Waals surface area contributed by atoms with E-state index in [1.807, 2.05) is 47.8 Å². The summed E-state index contributed by atoms with van der Waals surface area (Å²) in [7, 11) is 0. The maximum absolute atomic E-state index is 12.8. The molecule has 1 aliphatic rings. The van der Waals surface area contributed by atoms with Crippen molar-refractivity contribution in [3.05, 3.63) is 95.5 Å². The van der Waals surface area contributed by atoms with Crippen LogP contribution in [0.25, 0.3) is 0 Å². The van der Waals surface area contributed by atoms with E-state index in [4.69, 9.17) is 13.6 Å². The second kappa shape index (κ2) is 9.36. The number of quaternary nitrogens is 1. The van der Waals surface area contributed by atoms with E-state index in [-0.39, 0.29) is 12.6 Å². The van der Waals surface area contributed by atoms with Gasteiger partial charge in [0.2, 0.25) is 0 Å². The summed E-state index contributed by atoms with van der Waals surface area (Å²) < 4.78 is 16.4. The minimum atomic E-state index is -0.731. The van der Waals surface area contributed by atoms with Crippen LogP contribution in [0.5, 0.6) is 0 Å². The van der Waals surface area contributed by atoms with E-state index >= 15 is 0 Å². The Bertz CT molecular complexity index is 1040. The number of hydrogen-bond acceptors (Lipinski definition) is 5. The van der Waals surface area contributed by atoms with Gasteiger partial charge in [-0.05, 0) is 31.2 Å². The molecule has 0 fully saturated rings. The largest absolute Gasteiger partial charge is 0.467 e. The summed E-state index contributed by atoms with van der Waals surface area (Å²) in [5, 5.41) is 7.53. The third kappa shape index (κ3) is 4.54. The Morgan fingerprint density at radius 3 is 2.55 bits per heavy atom.